The Morgan fingerprint density at radius 1 is 1.05 bits per heavy atom. The lowest BCUT2D eigenvalue weighted by Crippen LogP contribution is -2.49. The quantitative estimate of drug-likeness (QED) is 0.184. The molecule has 0 heterocycles. The lowest BCUT2D eigenvalue weighted by Gasteiger charge is -2.32. The molecule has 210 valence electrons. The molecule has 0 aliphatic heterocycles. The van der Waals surface area contributed by atoms with Crippen molar-refractivity contribution in [3.63, 3.8) is 0 Å². The Hall–Kier alpha value is -1.88. The molecule has 2 aromatic rings. The topological polar surface area (TPSA) is 92.3 Å². The first kappa shape index (κ1) is 32.3. The molecule has 2 amide bonds. The van der Waals surface area contributed by atoms with Crippen molar-refractivity contribution in [1.29, 1.82) is 0 Å². The highest BCUT2D eigenvalue weighted by atomic mass is 127. The van der Waals surface area contributed by atoms with Crippen LogP contribution in [0.1, 0.15) is 45.7 Å². The van der Waals surface area contributed by atoms with E-state index in [9.17, 15) is 44.3 Å². The van der Waals surface area contributed by atoms with Crippen molar-refractivity contribution in [2.24, 2.45) is 0 Å². The molecule has 0 bridgehead atoms. The van der Waals surface area contributed by atoms with Gasteiger partial charge in [0.25, 0.3) is 11.8 Å². The molecule has 0 radical (unpaired) electrons. The van der Waals surface area contributed by atoms with Gasteiger partial charge in [-0.2, -0.15) is 22.0 Å². The fraction of sp³-hybridized carbons (Fsp3) is 0.391. The lowest BCUT2D eigenvalue weighted by atomic mass is 9.93. The molecule has 0 fully saturated rings. The summed E-state index contributed by atoms with van der Waals surface area (Å²) in [7, 11) is -3.40. The number of alkyl halides is 7. The SMILES string of the molecule is CCS(=O)(=O)C[C@H](C)NC(=O)c1c(I)cccc1C(=O)Nc1ccc(C(F)(C(F)(F)F)C(F)(F)Br)cc1C. The first-order chi connectivity index (χ1) is 17.2. The van der Waals surface area contributed by atoms with Crippen LogP contribution in [0.2, 0.25) is 0 Å². The van der Waals surface area contributed by atoms with Gasteiger partial charge in [0, 0.05) is 26.6 Å². The molecule has 6 nitrogen and oxygen atoms in total. The molecule has 2 atom stereocenters. The van der Waals surface area contributed by atoms with Gasteiger partial charge in [0.1, 0.15) is 0 Å². The number of carbonyl (C=O) groups excluding carboxylic acids is 2. The average Bonchev–Trinajstić information content (AvgIpc) is 2.77. The molecule has 0 aliphatic carbocycles. The van der Waals surface area contributed by atoms with Crippen LogP contribution in [0.5, 0.6) is 0 Å². The van der Waals surface area contributed by atoms with Crippen LogP contribution in [0, 0.1) is 10.5 Å². The minimum atomic E-state index is -5.96. The zero-order chi connectivity index (χ0) is 29.3. The van der Waals surface area contributed by atoms with E-state index in [1.165, 1.54) is 54.9 Å². The highest BCUT2D eigenvalue weighted by Crippen LogP contribution is 2.55. The van der Waals surface area contributed by atoms with E-state index in [4.69, 9.17) is 0 Å². The predicted octanol–water partition coefficient (Wildman–Crippen LogP) is 6.12. The largest absolute Gasteiger partial charge is 0.433 e. The summed E-state index contributed by atoms with van der Waals surface area (Å²) < 4.78 is 106. The van der Waals surface area contributed by atoms with Gasteiger partial charge in [0.15, 0.2) is 9.84 Å². The van der Waals surface area contributed by atoms with E-state index in [1.807, 2.05) is 0 Å². The molecular formula is C23H22BrF6IN2O4S. The van der Waals surface area contributed by atoms with Crippen molar-refractivity contribution in [2.75, 3.05) is 16.8 Å². The van der Waals surface area contributed by atoms with E-state index in [0.29, 0.717) is 15.7 Å². The van der Waals surface area contributed by atoms with Crippen LogP contribution in [0.15, 0.2) is 36.4 Å². The van der Waals surface area contributed by atoms with Crippen LogP contribution >= 0.6 is 38.5 Å². The van der Waals surface area contributed by atoms with Crippen molar-refractivity contribution in [3.8, 4) is 0 Å². The van der Waals surface area contributed by atoms with Gasteiger partial charge < -0.3 is 10.6 Å². The molecular weight excluding hydrogens is 721 g/mol. The van der Waals surface area contributed by atoms with Gasteiger partial charge in [-0.3, -0.25) is 9.59 Å². The monoisotopic (exact) mass is 742 g/mol. The Balaban J connectivity index is 2.39. The van der Waals surface area contributed by atoms with Crippen molar-refractivity contribution in [3.05, 3.63) is 62.2 Å². The van der Waals surface area contributed by atoms with E-state index in [-0.39, 0.29) is 33.9 Å². The molecule has 15 heteroatoms. The summed E-state index contributed by atoms with van der Waals surface area (Å²) in [4.78, 5) is 21.0. The Bertz CT molecular complexity index is 1320. The van der Waals surface area contributed by atoms with Gasteiger partial charge in [-0.15, -0.1) is 0 Å². The van der Waals surface area contributed by atoms with Crippen molar-refractivity contribution in [2.45, 2.75) is 43.5 Å². The summed E-state index contributed by atoms with van der Waals surface area (Å²) in [6.07, 6.45) is -5.96. The first-order valence-corrected chi connectivity index (χ1v) is 14.5. The molecule has 0 saturated carbocycles. The van der Waals surface area contributed by atoms with Gasteiger partial charge >= 0.3 is 16.7 Å². The number of hydrogen-bond donors (Lipinski definition) is 2. The molecule has 2 aromatic carbocycles. The maximum atomic E-state index is 14.7. The number of hydrogen-bond acceptors (Lipinski definition) is 4. The second-order valence-corrected chi connectivity index (χ2v) is 12.9. The van der Waals surface area contributed by atoms with Crippen LogP contribution in [0.4, 0.5) is 32.0 Å². The maximum absolute atomic E-state index is 14.7. The van der Waals surface area contributed by atoms with Gasteiger partial charge in [-0.1, -0.05) is 25.1 Å². The minimum Gasteiger partial charge on any atom is -0.349 e. The molecule has 0 aliphatic rings. The summed E-state index contributed by atoms with van der Waals surface area (Å²) in [5.41, 5.74) is -6.93. The number of rotatable bonds is 9. The predicted molar refractivity (Wildman–Crippen MR) is 142 cm³/mol. The smallest absolute Gasteiger partial charge is 0.349 e. The third-order valence-corrected chi connectivity index (χ3v) is 8.79. The zero-order valence-electron chi connectivity index (χ0n) is 20.0. The van der Waals surface area contributed by atoms with Gasteiger partial charge in [0.05, 0.1) is 16.9 Å². The summed E-state index contributed by atoms with van der Waals surface area (Å²) in [6, 6.07) is 5.36. The van der Waals surface area contributed by atoms with Crippen molar-refractivity contribution in [1.82, 2.24) is 5.32 Å². The van der Waals surface area contributed by atoms with E-state index in [0.717, 1.165) is 6.07 Å². The minimum absolute atomic E-state index is 0.0839. The number of nitrogens with one attached hydrogen (secondary N) is 2. The highest BCUT2D eigenvalue weighted by molar-refractivity contribution is 14.1. The van der Waals surface area contributed by atoms with E-state index >= 15 is 0 Å². The number of benzene rings is 2. The summed E-state index contributed by atoms with van der Waals surface area (Å²) in [6.45, 7) is 4.12. The third kappa shape index (κ3) is 7.00. The van der Waals surface area contributed by atoms with E-state index in [1.54, 1.807) is 22.6 Å². The molecule has 0 spiro atoms. The molecule has 1 unspecified atom stereocenters. The molecule has 0 aromatic heterocycles. The van der Waals surface area contributed by atoms with Crippen LogP contribution < -0.4 is 10.6 Å². The number of aryl methyl sites for hydroxylation is 1. The molecule has 2 rings (SSSR count). The highest BCUT2D eigenvalue weighted by Gasteiger charge is 2.71. The normalized spacial score (nSPS) is 14.9. The number of carbonyl (C=O) groups is 2. The van der Waals surface area contributed by atoms with Crippen molar-refractivity contribution < 1.29 is 44.3 Å². The van der Waals surface area contributed by atoms with E-state index < -0.39 is 49.9 Å². The molecule has 38 heavy (non-hydrogen) atoms. The van der Waals surface area contributed by atoms with Gasteiger partial charge in [0.2, 0.25) is 0 Å². The van der Waals surface area contributed by atoms with Crippen LogP contribution in [-0.4, -0.2) is 48.8 Å². The number of amides is 2. The Morgan fingerprint density at radius 3 is 2.16 bits per heavy atom. The van der Waals surface area contributed by atoms with Crippen molar-refractivity contribution >= 4 is 65.9 Å². The Labute approximate surface area is 237 Å². The number of anilines is 1. The number of halogens is 8. The fourth-order valence-electron chi connectivity index (χ4n) is 3.48. The van der Waals surface area contributed by atoms with Crippen LogP contribution in [-0.2, 0) is 15.5 Å². The summed E-state index contributed by atoms with van der Waals surface area (Å²) in [5.74, 6) is -2.06. The van der Waals surface area contributed by atoms with Gasteiger partial charge in [-0.05, 0) is 76.1 Å². The standard InChI is InChI=1S/C23H22BrF6IN2O4S/c1-4-38(36,37)11-13(3)32-20(35)18-15(6-5-7-16(18)31)19(34)33-17-9-8-14(10-12(17)2)21(25,22(24,26)27)23(28,29)30/h5-10,13H,4,11H2,1-3H3,(H,32,35)(H,33,34)/t13-,21?/m0/s1. The average molecular weight is 743 g/mol. The lowest BCUT2D eigenvalue weighted by molar-refractivity contribution is -0.282. The third-order valence-electron chi connectivity index (χ3n) is 5.46. The second kappa shape index (κ2) is 11.7. The second-order valence-electron chi connectivity index (χ2n) is 8.37. The maximum Gasteiger partial charge on any atom is 0.433 e. The Kier molecular flexibility index (Phi) is 9.95. The van der Waals surface area contributed by atoms with E-state index in [2.05, 4.69) is 10.6 Å². The first-order valence-electron chi connectivity index (χ1n) is 10.8. The summed E-state index contributed by atoms with van der Waals surface area (Å²) in [5, 5.41) is 4.91. The Morgan fingerprint density at radius 2 is 1.66 bits per heavy atom. The zero-order valence-corrected chi connectivity index (χ0v) is 24.6. The molecule has 0 saturated heterocycles. The van der Waals surface area contributed by atoms with Gasteiger partial charge in [-0.25, -0.2) is 12.8 Å². The summed E-state index contributed by atoms with van der Waals surface area (Å²) >= 11 is 3.28. The van der Waals surface area contributed by atoms with Crippen LogP contribution in [0.25, 0.3) is 0 Å². The van der Waals surface area contributed by atoms with Crippen LogP contribution in [0.3, 0.4) is 0 Å². The molecule has 2 N–H and O–H groups in total. The fourth-order valence-corrected chi connectivity index (χ4v) is 5.75. The number of sulfone groups is 1.